The molecule has 40 heavy (non-hydrogen) atoms. The van der Waals surface area contributed by atoms with Crippen LogP contribution in [0.4, 0.5) is 15.8 Å². The number of halogens is 1. The molecule has 4 N–H and O–H groups in total. The van der Waals surface area contributed by atoms with Crippen molar-refractivity contribution in [2.24, 2.45) is 10.8 Å². The highest BCUT2D eigenvalue weighted by atomic mass is 19.1. The van der Waals surface area contributed by atoms with Crippen LogP contribution in [-0.4, -0.2) is 28.1 Å². The van der Waals surface area contributed by atoms with E-state index in [1.54, 1.807) is 19.1 Å². The number of nitrogens with zero attached hydrogens (tertiary/aromatic N) is 5. The Labute approximate surface area is 234 Å². The fraction of sp³-hybridized carbons (Fsp3) is 0.400. The maximum atomic E-state index is 14.0. The summed E-state index contributed by atoms with van der Waals surface area (Å²) in [6, 6.07) is 10.8. The summed E-state index contributed by atoms with van der Waals surface area (Å²) in [4.78, 5) is 8.51. The molecule has 1 saturated carbocycles. The van der Waals surface area contributed by atoms with Crippen LogP contribution in [0.5, 0.6) is 0 Å². The van der Waals surface area contributed by atoms with E-state index in [2.05, 4.69) is 71.4 Å². The molecular formula is C30H34FN9. The number of hydrogen-bond acceptors (Lipinski definition) is 9. The third kappa shape index (κ3) is 5.78. The first-order valence-corrected chi connectivity index (χ1v) is 13.4. The van der Waals surface area contributed by atoms with Crippen LogP contribution in [0.3, 0.4) is 0 Å². The van der Waals surface area contributed by atoms with Crippen molar-refractivity contribution in [2.75, 3.05) is 23.7 Å². The van der Waals surface area contributed by atoms with Gasteiger partial charge in [-0.15, -0.1) is 5.53 Å². The SMILES string of the molecule is Cc1nc(F)ccc1[C@H](Nc1cc(C#N)c2ncc(C#N)c(NCC(C)(C)C)c2c1)C1=CN(CC2(C)CC2)NN1. The Kier molecular flexibility index (Phi) is 6.99. The summed E-state index contributed by atoms with van der Waals surface area (Å²) in [5.41, 5.74) is 11.5. The first-order chi connectivity index (χ1) is 19.0. The Hall–Kier alpha value is -4.41. The second kappa shape index (κ2) is 10.3. The van der Waals surface area contributed by atoms with Gasteiger partial charge in [0.2, 0.25) is 5.95 Å². The number of nitrogens with one attached hydrogen (secondary N) is 4. The standard InChI is InChI=1S/C30H34FN9/c1-18-22(6-7-25(31)36-18)28(24-15-40(39-38-24)17-30(5)8-9-30)37-21-10-19(12-32)26-23(11-21)27(20(13-33)14-34-26)35-16-29(2,3)4/h6-7,10-11,14-15,28,37-39H,8-9,16-17H2,1-5H3,(H,34,35)/t28-/m0/s1. The third-order valence-corrected chi connectivity index (χ3v) is 7.33. The molecule has 2 aliphatic rings. The Morgan fingerprint density at radius 1 is 1.18 bits per heavy atom. The van der Waals surface area contributed by atoms with Gasteiger partial charge in [-0.2, -0.15) is 14.9 Å². The number of pyridine rings is 2. The molecule has 0 radical (unpaired) electrons. The van der Waals surface area contributed by atoms with E-state index in [1.807, 2.05) is 17.3 Å². The van der Waals surface area contributed by atoms with Gasteiger partial charge in [-0.3, -0.25) is 9.99 Å². The highest BCUT2D eigenvalue weighted by molar-refractivity contribution is 5.99. The van der Waals surface area contributed by atoms with Crippen LogP contribution >= 0.6 is 0 Å². The number of nitriles is 2. The van der Waals surface area contributed by atoms with E-state index in [4.69, 9.17) is 0 Å². The van der Waals surface area contributed by atoms with Gasteiger partial charge in [-0.25, -0.2) is 4.98 Å². The second-order valence-corrected chi connectivity index (χ2v) is 12.3. The van der Waals surface area contributed by atoms with Crippen molar-refractivity contribution in [1.82, 2.24) is 25.9 Å². The zero-order chi connectivity index (χ0) is 28.7. The number of aryl methyl sites for hydroxylation is 1. The molecule has 206 valence electrons. The zero-order valence-electron chi connectivity index (χ0n) is 23.5. The summed E-state index contributed by atoms with van der Waals surface area (Å²) in [6.45, 7) is 11.8. The molecule has 0 spiro atoms. The van der Waals surface area contributed by atoms with Crippen molar-refractivity contribution in [3.63, 3.8) is 0 Å². The number of rotatable bonds is 8. The molecule has 1 aromatic carbocycles. The molecule has 10 heteroatoms. The van der Waals surface area contributed by atoms with Gasteiger partial charge in [0.25, 0.3) is 0 Å². The number of hydrazine groups is 2. The van der Waals surface area contributed by atoms with Crippen molar-refractivity contribution in [3.05, 3.63) is 70.7 Å². The van der Waals surface area contributed by atoms with Gasteiger partial charge >= 0.3 is 0 Å². The minimum Gasteiger partial charge on any atom is -0.383 e. The van der Waals surface area contributed by atoms with Crippen molar-refractivity contribution >= 4 is 22.3 Å². The lowest BCUT2D eigenvalue weighted by Crippen LogP contribution is -2.40. The average Bonchev–Trinajstić information content (AvgIpc) is 3.45. The molecule has 1 atom stereocenters. The van der Waals surface area contributed by atoms with Crippen molar-refractivity contribution in [1.29, 1.82) is 10.5 Å². The first kappa shape index (κ1) is 27.2. The largest absolute Gasteiger partial charge is 0.383 e. The molecule has 0 saturated heterocycles. The maximum Gasteiger partial charge on any atom is 0.213 e. The van der Waals surface area contributed by atoms with Gasteiger partial charge in [0.05, 0.1) is 34.1 Å². The first-order valence-electron chi connectivity index (χ1n) is 13.4. The Bertz CT molecular complexity index is 1570. The quantitative estimate of drug-likeness (QED) is 0.279. The lowest BCUT2D eigenvalue weighted by molar-refractivity contribution is 0.226. The molecule has 3 heterocycles. The molecule has 0 bridgehead atoms. The van der Waals surface area contributed by atoms with Crippen LogP contribution in [0.15, 0.2) is 42.4 Å². The lowest BCUT2D eigenvalue weighted by Gasteiger charge is -2.24. The fourth-order valence-corrected chi connectivity index (χ4v) is 4.82. The van der Waals surface area contributed by atoms with E-state index in [9.17, 15) is 14.9 Å². The minimum absolute atomic E-state index is 0.0362. The van der Waals surface area contributed by atoms with Crippen molar-refractivity contribution in [2.45, 2.75) is 53.5 Å². The molecule has 2 aromatic heterocycles. The number of aromatic nitrogens is 2. The highest BCUT2D eigenvalue weighted by Crippen LogP contribution is 2.45. The van der Waals surface area contributed by atoms with Crippen LogP contribution in [0.25, 0.3) is 10.9 Å². The molecule has 1 fully saturated rings. The highest BCUT2D eigenvalue weighted by Gasteiger charge is 2.39. The smallest absolute Gasteiger partial charge is 0.213 e. The van der Waals surface area contributed by atoms with Gasteiger partial charge in [-0.1, -0.05) is 33.8 Å². The topological polar surface area (TPSA) is 125 Å². The van der Waals surface area contributed by atoms with Gasteiger partial charge in [0.15, 0.2) is 0 Å². The molecule has 0 amide bonds. The van der Waals surface area contributed by atoms with Gasteiger partial charge < -0.3 is 16.1 Å². The second-order valence-electron chi connectivity index (χ2n) is 12.3. The number of hydrogen-bond donors (Lipinski definition) is 4. The van der Waals surface area contributed by atoms with Crippen molar-refractivity contribution in [3.8, 4) is 12.1 Å². The molecular weight excluding hydrogens is 505 g/mol. The van der Waals surface area contributed by atoms with E-state index in [0.717, 1.165) is 17.8 Å². The molecule has 0 unspecified atom stereocenters. The summed E-state index contributed by atoms with van der Waals surface area (Å²) in [7, 11) is 0. The summed E-state index contributed by atoms with van der Waals surface area (Å²) in [5, 5.41) is 29.5. The number of anilines is 2. The van der Waals surface area contributed by atoms with Crippen LogP contribution in [0.1, 0.15) is 69.0 Å². The zero-order valence-corrected chi connectivity index (χ0v) is 23.5. The summed E-state index contributed by atoms with van der Waals surface area (Å²) in [6.07, 6.45) is 5.90. The van der Waals surface area contributed by atoms with Gasteiger partial charge in [-0.05, 0) is 48.8 Å². The van der Waals surface area contributed by atoms with Crippen LogP contribution in [0, 0.1) is 46.4 Å². The predicted octanol–water partition coefficient (Wildman–Crippen LogP) is 5.40. The summed E-state index contributed by atoms with van der Waals surface area (Å²) in [5.74, 6) is -0.545. The van der Waals surface area contributed by atoms with Crippen LogP contribution in [0.2, 0.25) is 0 Å². The van der Waals surface area contributed by atoms with E-state index in [0.29, 0.717) is 51.1 Å². The lowest BCUT2D eigenvalue weighted by atomic mass is 9.96. The number of benzene rings is 1. The van der Waals surface area contributed by atoms with Gasteiger partial charge in [0.1, 0.15) is 12.1 Å². The third-order valence-electron chi connectivity index (χ3n) is 7.33. The maximum absolute atomic E-state index is 14.0. The molecule has 3 aromatic rings. The van der Waals surface area contributed by atoms with Crippen LogP contribution < -0.4 is 21.6 Å². The van der Waals surface area contributed by atoms with E-state index < -0.39 is 12.0 Å². The fourth-order valence-electron chi connectivity index (χ4n) is 4.82. The van der Waals surface area contributed by atoms with E-state index >= 15 is 0 Å². The molecule has 1 aliphatic heterocycles. The monoisotopic (exact) mass is 539 g/mol. The summed E-state index contributed by atoms with van der Waals surface area (Å²) < 4.78 is 14.0. The Morgan fingerprint density at radius 3 is 2.58 bits per heavy atom. The molecule has 9 nitrogen and oxygen atoms in total. The normalized spacial score (nSPS) is 16.5. The Morgan fingerprint density at radius 2 is 1.93 bits per heavy atom. The summed E-state index contributed by atoms with van der Waals surface area (Å²) >= 11 is 0. The van der Waals surface area contributed by atoms with Crippen LogP contribution in [-0.2, 0) is 0 Å². The predicted molar refractivity (Wildman–Crippen MR) is 153 cm³/mol. The van der Waals surface area contributed by atoms with E-state index in [1.165, 1.54) is 25.1 Å². The van der Waals surface area contributed by atoms with Crippen molar-refractivity contribution < 1.29 is 4.39 Å². The minimum atomic E-state index is -0.545. The van der Waals surface area contributed by atoms with Gasteiger partial charge in [0, 0.05) is 47.8 Å². The molecule has 1 aliphatic carbocycles. The Balaban J connectivity index is 1.58. The average molecular weight is 540 g/mol. The van der Waals surface area contributed by atoms with E-state index in [-0.39, 0.29) is 5.41 Å². The number of fused-ring (bicyclic) bond motifs is 1. The molecule has 5 rings (SSSR count).